The van der Waals surface area contributed by atoms with Crippen LogP contribution in [0.2, 0.25) is 5.02 Å². The molecule has 2 rings (SSSR count). The summed E-state index contributed by atoms with van der Waals surface area (Å²) in [5.74, 6) is -2.17. The van der Waals surface area contributed by atoms with Crippen molar-refractivity contribution in [3.05, 3.63) is 29.3 Å². The lowest BCUT2D eigenvalue weighted by Gasteiger charge is -2.21. The number of benzene rings is 1. The Balaban J connectivity index is 2.07. The first-order chi connectivity index (χ1) is 11.3. The zero-order valence-electron chi connectivity index (χ0n) is 13.9. The quantitative estimate of drug-likeness (QED) is 0.649. The highest BCUT2D eigenvalue weighted by Crippen LogP contribution is 2.26. The van der Waals surface area contributed by atoms with Crippen LogP contribution in [0.3, 0.4) is 0 Å². The van der Waals surface area contributed by atoms with Crippen LogP contribution in [0.4, 0.5) is 5.69 Å². The van der Waals surface area contributed by atoms with Gasteiger partial charge in [-0.1, -0.05) is 25.4 Å². The van der Waals surface area contributed by atoms with Crippen molar-refractivity contribution in [1.29, 1.82) is 0 Å². The van der Waals surface area contributed by atoms with Crippen molar-refractivity contribution in [1.82, 2.24) is 5.32 Å². The maximum atomic E-state index is 12.5. The van der Waals surface area contributed by atoms with Crippen molar-refractivity contribution < 1.29 is 19.1 Å². The number of carbonyl (C=O) groups is 3. The second kappa shape index (κ2) is 7.66. The van der Waals surface area contributed by atoms with Crippen molar-refractivity contribution in [2.24, 2.45) is 11.8 Å². The summed E-state index contributed by atoms with van der Waals surface area (Å²) < 4.78 is 4.70. The fraction of sp³-hybridized carbons (Fsp3) is 0.471. The molecule has 2 amide bonds. The Bertz CT molecular complexity index is 630. The van der Waals surface area contributed by atoms with Crippen LogP contribution in [-0.4, -0.2) is 37.5 Å². The minimum atomic E-state index is -0.799. The van der Waals surface area contributed by atoms with Crippen LogP contribution >= 0.6 is 11.6 Å². The number of esters is 1. The summed E-state index contributed by atoms with van der Waals surface area (Å²) in [5, 5.41) is 3.22. The SMILES string of the molecule is COC(=O)C(NC(=O)C1CCN(c2ccc(Cl)cc2)C1=O)C(C)C. The highest BCUT2D eigenvalue weighted by atomic mass is 35.5. The van der Waals surface area contributed by atoms with E-state index in [1.807, 2.05) is 0 Å². The molecule has 1 aliphatic heterocycles. The second-order valence-corrected chi connectivity index (χ2v) is 6.50. The molecule has 1 heterocycles. The maximum absolute atomic E-state index is 12.5. The van der Waals surface area contributed by atoms with E-state index in [4.69, 9.17) is 16.3 Å². The molecule has 1 aliphatic rings. The predicted molar refractivity (Wildman–Crippen MR) is 90.7 cm³/mol. The second-order valence-electron chi connectivity index (χ2n) is 6.06. The average Bonchev–Trinajstić information content (AvgIpc) is 2.94. The molecular weight excluding hydrogens is 332 g/mol. The van der Waals surface area contributed by atoms with Gasteiger partial charge >= 0.3 is 5.97 Å². The van der Waals surface area contributed by atoms with Gasteiger partial charge in [-0.05, 0) is 36.6 Å². The number of anilines is 1. The first kappa shape index (κ1) is 18.3. The van der Waals surface area contributed by atoms with Gasteiger partial charge in [0.1, 0.15) is 12.0 Å². The number of hydrogen-bond donors (Lipinski definition) is 1. The standard InChI is InChI=1S/C17H21ClN2O4/c1-10(2)14(17(23)24-3)19-15(21)13-8-9-20(16(13)22)12-6-4-11(18)5-7-12/h4-7,10,13-14H,8-9H2,1-3H3,(H,19,21). The summed E-state index contributed by atoms with van der Waals surface area (Å²) >= 11 is 5.85. The summed E-state index contributed by atoms with van der Waals surface area (Å²) in [5.41, 5.74) is 0.702. The normalized spacial score (nSPS) is 18.6. The minimum absolute atomic E-state index is 0.134. The number of hydrogen-bond acceptors (Lipinski definition) is 4. The Labute approximate surface area is 146 Å². The van der Waals surface area contributed by atoms with Crippen LogP contribution in [-0.2, 0) is 19.1 Å². The number of nitrogens with one attached hydrogen (secondary N) is 1. The van der Waals surface area contributed by atoms with E-state index in [0.717, 1.165) is 0 Å². The first-order valence-electron chi connectivity index (χ1n) is 7.80. The van der Waals surface area contributed by atoms with Gasteiger partial charge in [-0.2, -0.15) is 0 Å². The Morgan fingerprint density at radius 3 is 2.46 bits per heavy atom. The lowest BCUT2D eigenvalue weighted by molar-refractivity contribution is -0.147. The van der Waals surface area contributed by atoms with E-state index in [1.165, 1.54) is 7.11 Å². The highest BCUT2D eigenvalue weighted by Gasteiger charge is 2.39. The summed E-state index contributed by atoms with van der Waals surface area (Å²) in [6, 6.07) is 6.12. The number of halogens is 1. The summed E-state index contributed by atoms with van der Waals surface area (Å²) in [4.78, 5) is 38.3. The molecular formula is C17H21ClN2O4. The molecule has 0 bridgehead atoms. The lowest BCUT2D eigenvalue weighted by Crippen LogP contribution is -2.48. The van der Waals surface area contributed by atoms with Crippen LogP contribution in [0.1, 0.15) is 20.3 Å². The fourth-order valence-corrected chi connectivity index (χ4v) is 2.81. The number of nitrogens with zero attached hydrogens (tertiary/aromatic N) is 1. The van der Waals surface area contributed by atoms with E-state index in [1.54, 1.807) is 43.0 Å². The monoisotopic (exact) mass is 352 g/mol. The molecule has 6 nitrogen and oxygen atoms in total. The molecule has 1 saturated heterocycles. The molecule has 1 aromatic carbocycles. The Kier molecular flexibility index (Phi) is 5.83. The van der Waals surface area contributed by atoms with Gasteiger partial charge in [0.25, 0.3) is 0 Å². The Morgan fingerprint density at radius 1 is 1.29 bits per heavy atom. The van der Waals surface area contributed by atoms with Crippen LogP contribution in [0.25, 0.3) is 0 Å². The molecule has 0 aliphatic carbocycles. The fourth-order valence-electron chi connectivity index (χ4n) is 2.68. The number of ether oxygens (including phenoxy) is 1. The maximum Gasteiger partial charge on any atom is 0.328 e. The van der Waals surface area contributed by atoms with Crippen molar-refractivity contribution in [3.63, 3.8) is 0 Å². The number of rotatable bonds is 5. The molecule has 1 aromatic rings. The average molecular weight is 353 g/mol. The number of carbonyl (C=O) groups excluding carboxylic acids is 3. The molecule has 0 aromatic heterocycles. The van der Waals surface area contributed by atoms with Gasteiger partial charge in [-0.3, -0.25) is 9.59 Å². The zero-order chi connectivity index (χ0) is 17.9. The van der Waals surface area contributed by atoms with E-state index in [2.05, 4.69) is 5.32 Å². The van der Waals surface area contributed by atoms with Crippen LogP contribution in [0.5, 0.6) is 0 Å². The van der Waals surface area contributed by atoms with Gasteiger partial charge in [0, 0.05) is 17.3 Å². The van der Waals surface area contributed by atoms with E-state index in [0.29, 0.717) is 23.7 Å². The van der Waals surface area contributed by atoms with Crippen molar-refractivity contribution in [2.45, 2.75) is 26.3 Å². The minimum Gasteiger partial charge on any atom is -0.467 e. The molecule has 1 N–H and O–H groups in total. The predicted octanol–water partition coefficient (Wildman–Crippen LogP) is 2.01. The Hall–Kier alpha value is -2.08. The van der Waals surface area contributed by atoms with Crippen LogP contribution in [0, 0.1) is 11.8 Å². The van der Waals surface area contributed by atoms with Gasteiger partial charge in [-0.25, -0.2) is 4.79 Å². The van der Waals surface area contributed by atoms with Crippen molar-refractivity contribution >= 4 is 35.1 Å². The molecule has 1 fully saturated rings. The smallest absolute Gasteiger partial charge is 0.328 e. The number of methoxy groups -OCH3 is 1. The van der Waals surface area contributed by atoms with E-state index < -0.39 is 23.8 Å². The molecule has 0 radical (unpaired) electrons. The summed E-state index contributed by atoms with van der Waals surface area (Å²) in [7, 11) is 1.27. The van der Waals surface area contributed by atoms with Gasteiger partial charge in [0.2, 0.25) is 11.8 Å². The van der Waals surface area contributed by atoms with Gasteiger partial charge in [-0.15, -0.1) is 0 Å². The summed E-state index contributed by atoms with van der Waals surface area (Å²) in [6.07, 6.45) is 0.402. The summed E-state index contributed by atoms with van der Waals surface area (Å²) in [6.45, 7) is 4.06. The Morgan fingerprint density at radius 2 is 1.92 bits per heavy atom. The van der Waals surface area contributed by atoms with E-state index in [-0.39, 0.29) is 11.8 Å². The number of amides is 2. The van der Waals surface area contributed by atoms with Crippen molar-refractivity contribution in [2.75, 3.05) is 18.6 Å². The lowest BCUT2D eigenvalue weighted by atomic mass is 10.0. The first-order valence-corrected chi connectivity index (χ1v) is 8.18. The molecule has 7 heteroatoms. The molecule has 2 atom stereocenters. The van der Waals surface area contributed by atoms with Crippen LogP contribution < -0.4 is 10.2 Å². The van der Waals surface area contributed by atoms with Crippen LogP contribution in [0.15, 0.2) is 24.3 Å². The molecule has 0 saturated carbocycles. The highest BCUT2D eigenvalue weighted by molar-refractivity contribution is 6.30. The van der Waals surface area contributed by atoms with Crippen molar-refractivity contribution in [3.8, 4) is 0 Å². The van der Waals surface area contributed by atoms with E-state index >= 15 is 0 Å². The molecule has 2 unspecified atom stereocenters. The van der Waals surface area contributed by atoms with E-state index in [9.17, 15) is 14.4 Å². The molecule has 0 spiro atoms. The third-order valence-electron chi connectivity index (χ3n) is 4.08. The third-order valence-corrected chi connectivity index (χ3v) is 4.33. The topological polar surface area (TPSA) is 75.7 Å². The van der Waals surface area contributed by atoms with Gasteiger partial charge in [0.15, 0.2) is 0 Å². The van der Waals surface area contributed by atoms with Gasteiger partial charge < -0.3 is 15.0 Å². The largest absolute Gasteiger partial charge is 0.467 e. The third kappa shape index (κ3) is 3.87. The zero-order valence-corrected chi connectivity index (χ0v) is 14.7. The molecule has 130 valence electrons. The van der Waals surface area contributed by atoms with Gasteiger partial charge in [0.05, 0.1) is 7.11 Å². The molecule has 24 heavy (non-hydrogen) atoms.